The Bertz CT molecular complexity index is 420. The Morgan fingerprint density at radius 2 is 2.00 bits per heavy atom. The largest absolute Gasteiger partial charge is 0.379 e. The maximum absolute atomic E-state index is 14.0. The minimum Gasteiger partial charge on any atom is -0.379 e. The SMILES string of the molecule is CCC(C)(C(N)c1ccccc1F)N1CCOCC1. The molecule has 2 rings (SSSR count). The molecule has 1 fully saturated rings. The summed E-state index contributed by atoms with van der Waals surface area (Å²) in [5.74, 6) is -0.220. The summed E-state index contributed by atoms with van der Waals surface area (Å²) in [6.07, 6.45) is 0.877. The first-order chi connectivity index (χ1) is 9.09. The topological polar surface area (TPSA) is 38.5 Å². The zero-order valence-electron chi connectivity index (χ0n) is 11.7. The van der Waals surface area contributed by atoms with Gasteiger partial charge in [0.25, 0.3) is 0 Å². The smallest absolute Gasteiger partial charge is 0.128 e. The van der Waals surface area contributed by atoms with Gasteiger partial charge in [0.2, 0.25) is 0 Å². The summed E-state index contributed by atoms with van der Waals surface area (Å²) >= 11 is 0. The van der Waals surface area contributed by atoms with E-state index in [4.69, 9.17) is 10.5 Å². The van der Waals surface area contributed by atoms with E-state index >= 15 is 0 Å². The van der Waals surface area contributed by atoms with Crippen molar-refractivity contribution in [1.29, 1.82) is 0 Å². The van der Waals surface area contributed by atoms with Crippen molar-refractivity contribution in [3.63, 3.8) is 0 Å². The zero-order valence-corrected chi connectivity index (χ0v) is 11.7. The number of nitrogens with zero attached hydrogens (tertiary/aromatic N) is 1. The van der Waals surface area contributed by atoms with Crippen molar-refractivity contribution in [3.05, 3.63) is 35.6 Å². The predicted molar refractivity (Wildman–Crippen MR) is 74.4 cm³/mol. The highest BCUT2D eigenvalue weighted by molar-refractivity contribution is 5.24. The molecule has 0 radical (unpaired) electrons. The quantitative estimate of drug-likeness (QED) is 0.909. The summed E-state index contributed by atoms with van der Waals surface area (Å²) in [5, 5.41) is 0. The molecule has 0 aliphatic carbocycles. The molecule has 1 saturated heterocycles. The highest BCUT2D eigenvalue weighted by Crippen LogP contribution is 2.34. The summed E-state index contributed by atoms with van der Waals surface area (Å²) in [4.78, 5) is 2.33. The van der Waals surface area contributed by atoms with Gasteiger partial charge < -0.3 is 10.5 Å². The number of benzene rings is 1. The highest BCUT2D eigenvalue weighted by atomic mass is 19.1. The Labute approximate surface area is 114 Å². The molecule has 2 unspecified atom stereocenters. The van der Waals surface area contributed by atoms with Gasteiger partial charge in [-0.3, -0.25) is 4.90 Å². The second-order valence-electron chi connectivity index (χ2n) is 5.31. The van der Waals surface area contributed by atoms with Gasteiger partial charge in [-0.2, -0.15) is 0 Å². The Kier molecular flexibility index (Phi) is 4.55. The first-order valence-corrected chi connectivity index (χ1v) is 6.92. The normalized spacial score (nSPS) is 21.9. The summed E-state index contributed by atoms with van der Waals surface area (Å²) in [6.45, 7) is 7.38. The van der Waals surface area contributed by atoms with Gasteiger partial charge in [0, 0.05) is 24.2 Å². The molecule has 1 aromatic rings. The first-order valence-electron chi connectivity index (χ1n) is 6.92. The minimum absolute atomic E-state index is 0.220. The fraction of sp³-hybridized carbons (Fsp3) is 0.600. The van der Waals surface area contributed by atoms with E-state index in [1.165, 1.54) is 6.07 Å². The van der Waals surface area contributed by atoms with Crippen molar-refractivity contribution < 1.29 is 9.13 Å². The molecule has 0 amide bonds. The van der Waals surface area contributed by atoms with E-state index in [1.807, 2.05) is 6.07 Å². The number of hydrogen-bond acceptors (Lipinski definition) is 3. The van der Waals surface area contributed by atoms with E-state index < -0.39 is 0 Å². The minimum atomic E-state index is -0.336. The van der Waals surface area contributed by atoms with E-state index in [2.05, 4.69) is 18.7 Å². The van der Waals surface area contributed by atoms with Gasteiger partial charge >= 0.3 is 0 Å². The van der Waals surface area contributed by atoms with Crippen molar-refractivity contribution in [2.45, 2.75) is 31.8 Å². The van der Waals surface area contributed by atoms with Crippen molar-refractivity contribution >= 4 is 0 Å². The van der Waals surface area contributed by atoms with Crippen molar-refractivity contribution in [2.24, 2.45) is 5.73 Å². The molecule has 2 N–H and O–H groups in total. The van der Waals surface area contributed by atoms with Crippen LogP contribution in [-0.4, -0.2) is 36.7 Å². The van der Waals surface area contributed by atoms with Crippen molar-refractivity contribution in [2.75, 3.05) is 26.3 Å². The number of ether oxygens (including phenoxy) is 1. The fourth-order valence-corrected chi connectivity index (χ4v) is 2.78. The molecule has 1 aliphatic heterocycles. The van der Waals surface area contributed by atoms with Crippen LogP contribution in [0.25, 0.3) is 0 Å². The number of rotatable bonds is 4. The third-order valence-electron chi connectivity index (χ3n) is 4.36. The highest BCUT2D eigenvalue weighted by Gasteiger charge is 2.38. The van der Waals surface area contributed by atoms with E-state index in [9.17, 15) is 4.39 Å². The van der Waals surface area contributed by atoms with E-state index in [0.717, 1.165) is 32.7 Å². The van der Waals surface area contributed by atoms with Crippen LogP contribution < -0.4 is 5.73 Å². The average Bonchev–Trinajstić information content (AvgIpc) is 2.47. The van der Waals surface area contributed by atoms with Crippen LogP contribution >= 0.6 is 0 Å². The molecule has 1 aliphatic rings. The Morgan fingerprint density at radius 1 is 1.37 bits per heavy atom. The number of nitrogens with two attached hydrogens (primary N) is 1. The number of morpholine rings is 1. The van der Waals surface area contributed by atoms with Gasteiger partial charge in [0.05, 0.1) is 19.3 Å². The van der Waals surface area contributed by atoms with Crippen LogP contribution in [0.4, 0.5) is 4.39 Å². The molecule has 4 heteroatoms. The van der Waals surface area contributed by atoms with Gasteiger partial charge in [0.15, 0.2) is 0 Å². The lowest BCUT2D eigenvalue weighted by Crippen LogP contribution is -2.56. The number of hydrogen-bond donors (Lipinski definition) is 1. The maximum atomic E-state index is 14.0. The van der Waals surface area contributed by atoms with Crippen LogP contribution in [0, 0.1) is 5.82 Å². The molecule has 19 heavy (non-hydrogen) atoms. The molecular weight excluding hydrogens is 243 g/mol. The fourth-order valence-electron chi connectivity index (χ4n) is 2.78. The molecule has 0 saturated carbocycles. The average molecular weight is 266 g/mol. The van der Waals surface area contributed by atoms with Gasteiger partial charge in [0.1, 0.15) is 5.82 Å². The van der Waals surface area contributed by atoms with Crippen LogP contribution in [-0.2, 0) is 4.74 Å². The molecule has 0 aromatic heterocycles. The van der Waals surface area contributed by atoms with E-state index in [1.54, 1.807) is 12.1 Å². The summed E-state index contributed by atoms with van der Waals surface area (Å²) in [5.41, 5.74) is 6.74. The molecule has 0 bridgehead atoms. The van der Waals surface area contributed by atoms with Crippen LogP contribution in [0.3, 0.4) is 0 Å². The first kappa shape index (κ1) is 14.4. The molecule has 1 heterocycles. The maximum Gasteiger partial charge on any atom is 0.128 e. The summed E-state index contributed by atoms with van der Waals surface area (Å²) in [6, 6.07) is 6.47. The molecule has 1 aromatic carbocycles. The van der Waals surface area contributed by atoms with Crippen LogP contribution in [0.15, 0.2) is 24.3 Å². The van der Waals surface area contributed by atoms with Crippen LogP contribution in [0.1, 0.15) is 31.9 Å². The molecule has 3 nitrogen and oxygen atoms in total. The zero-order chi connectivity index (χ0) is 13.9. The predicted octanol–water partition coefficient (Wildman–Crippen LogP) is 2.33. The third kappa shape index (κ3) is 2.81. The Morgan fingerprint density at radius 3 is 2.58 bits per heavy atom. The Balaban J connectivity index is 2.27. The molecule has 2 atom stereocenters. The standard InChI is InChI=1S/C15H23FN2O/c1-3-15(2,18-8-10-19-11-9-18)14(17)12-6-4-5-7-13(12)16/h4-7,14H,3,8-11,17H2,1-2H3. The van der Waals surface area contributed by atoms with Crippen molar-refractivity contribution in [1.82, 2.24) is 4.90 Å². The molecule has 0 spiro atoms. The van der Waals surface area contributed by atoms with Gasteiger partial charge in [-0.15, -0.1) is 0 Å². The molecular formula is C15H23FN2O. The lowest BCUT2D eigenvalue weighted by atomic mass is 9.83. The monoisotopic (exact) mass is 266 g/mol. The van der Waals surface area contributed by atoms with E-state index in [-0.39, 0.29) is 17.4 Å². The Hall–Kier alpha value is -0.970. The summed E-state index contributed by atoms with van der Waals surface area (Å²) < 4.78 is 19.3. The van der Waals surface area contributed by atoms with Gasteiger partial charge in [-0.05, 0) is 19.4 Å². The van der Waals surface area contributed by atoms with Crippen molar-refractivity contribution in [3.8, 4) is 0 Å². The van der Waals surface area contributed by atoms with Gasteiger partial charge in [-0.25, -0.2) is 4.39 Å². The van der Waals surface area contributed by atoms with Crippen LogP contribution in [0.2, 0.25) is 0 Å². The second-order valence-corrected chi connectivity index (χ2v) is 5.31. The second kappa shape index (κ2) is 5.99. The third-order valence-corrected chi connectivity index (χ3v) is 4.36. The van der Waals surface area contributed by atoms with Gasteiger partial charge in [-0.1, -0.05) is 25.1 Å². The lowest BCUT2D eigenvalue weighted by molar-refractivity contribution is -0.0281. The number of halogens is 1. The molecule has 106 valence electrons. The van der Waals surface area contributed by atoms with Crippen LogP contribution in [0.5, 0.6) is 0 Å². The summed E-state index contributed by atoms with van der Waals surface area (Å²) in [7, 11) is 0. The lowest BCUT2D eigenvalue weighted by Gasteiger charge is -2.46. The van der Waals surface area contributed by atoms with E-state index in [0.29, 0.717) is 5.56 Å².